The highest BCUT2D eigenvalue weighted by Gasteiger charge is 2.74. The number of rotatable bonds is 4. The molecule has 9 heteroatoms. The number of hydrogen-bond donors (Lipinski definition) is 2. The fourth-order valence-corrected chi connectivity index (χ4v) is 8.74. The van der Waals surface area contributed by atoms with E-state index in [0.717, 1.165) is 42.8 Å². The van der Waals surface area contributed by atoms with Crippen molar-refractivity contribution in [1.82, 2.24) is 9.80 Å². The first-order valence-corrected chi connectivity index (χ1v) is 15.4. The number of carbonyl (C=O) groups excluding carboxylic acids is 1. The van der Waals surface area contributed by atoms with Crippen LogP contribution in [0.15, 0.2) is 66.7 Å². The number of aromatic hydroxyl groups is 1. The quantitative estimate of drug-likeness (QED) is 0.407. The highest BCUT2D eigenvalue weighted by Crippen LogP contribution is 2.66. The minimum absolute atomic E-state index is 0.0207. The van der Waals surface area contributed by atoms with Crippen molar-refractivity contribution in [3.63, 3.8) is 0 Å². The average molecular weight is 617 g/mol. The van der Waals surface area contributed by atoms with E-state index in [1.54, 1.807) is 18.0 Å². The van der Waals surface area contributed by atoms with Crippen LogP contribution < -0.4 is 4.74 Å². The third kappa shape index (κ3) is 4.52. The number of likely N-dealkylation sites (tertiary alicyclic amines) is 1. The summed E-state index contributed by atoms with van der Waals surface area (Å²) >= 11 is 0. The third-order valence-electron chi connectivity index (χ3n) is 10.7. The third-order valence-corrected chi connectivity index (χ3v) is 10.7. The Labute approximate surface area is 260 Å². The first-order chi connectivity index (χ1) is 21.4. The number of nitrogens with zero attached hydrogens (tertiary/aromatic N) is 2. The number of likely N-dealkylation sites (N-methyl/N-ethyl adjacent to an activating group) is 1. The molecular formula is C36H35F3N2O4. The number of phenolic OH excluding ortho intramolecular Hbond substituents is 1. The van der Waals surface area contributed by atoms with Crippen molar-refractivity contribution in [2.24, 2.45) is 5.92 Å². The number of benzene rings is 3. The summed E-state index contributed by atoms with van der Waals surface area (Å²) in [5.41, 5.74) is 0.698. The van der Waals surface area contributed by atoms with Gasteiger partial charge in [-0.25, -0.2) is 0 Å². The summed E-state index contributed by atoms with van der Waals surface area (Å²) in [6, 6.07) is 17.7. The standard InChI is InChI=1S/C36H35F3N2O4/c1-22-21-35(44)28-20-25-11-14-27(42)32-30(25)34(35,17-19-41(28)18-16-23-6-4-3-5-7-23)33(45-32)31(22)40(2)29(43)15-10-24-8-12-26(13-9-24)36(37,38)39/h3-9,11-14,22,28,31,33,42,44H,16-21H2,1-2H3/t22-,28+,31-,33-,34-,35+/m0/s1. The summed E-state index contributed by atoms with van der Waals surface area (Å²) in [5, 5.41) is 23.8. The van der Waals surface area contributed by atoms with Crippen molar-refractivity contribution in [1.29, 1.82) is 0 Å². The number of piperidine rings is 1. The molecular weight excluding hydrogens is 581 g/mol. The van der Waals surface area contributed by atoms with Gasteiger partial charge >= 0.3 is 6.18 Å². The van der Waals surface area contributed by atoms with Crippen molar-refractivity contribution >= 4 is 5.91 Å². The zero-order valence-electron chi connectivity index (χ0n) is 25.1. The highest BCUT2D eigenvalue weighted by atomic mass is 19.4. The molecule has 6 nitrogen and oxygen atoms in total. The van der Waals surface area contributed by atoms with Crippen LogP contribution in [0.3, 0.4) is 0 Å². The molecule has 1 saturated carbocycles. The number of aliphatic hydroxyl groups is 1. The summed E-state index contributed by atoms with van der Waals surface area (Å²) in [6.07, 6.45) is -2.54. The molecule has 2 fully saturated rings. The van der Waals surface area contributed by atoms with Gasteiger partial charge in [0, 0.05) is 36.7 Å². The second-order valence-corrected chi connectivity index (χ2v) is 13.0. The first-order valence-electron chi connectivity index (χ1n) is 15.4. The van der Waals surface area contributed by atoms with E-state index >= 15 is 0 Å². The molecule has 2 bridgehead atoms. The lowest BCUT2D eigenvalue weighted by Crippen LogP contribution is -2.79. The van der Waals surface area contributed by atoms with Crippen LogP contribution in [0.2, 0.25) is 0 Å². The van der Waals surface area contributed by atoms with Crippen LogP contribution in [-0.4, -0.2) is 69.8 Å². The maximum absolute atomic E-state index is 13.5. The van der Waals surface area contributed by atoms with Crippen LogP contribution in [0.1, 0.15) is 47.6 Å². The van der Waals surface area contributed by atoms with Gasteiger partial charge in [0.25, 0.3) is 5.91 Å². The SMILES string of the molecule is C[C@H]1C[C@@]2(O)[C@H]3Cc4ccc(O)c5c4[C@@]2(CCN3CCc2ccccc2)[C@@H](O5)[C@H]1N(C)C(=O)C#Cc1ccc(C(F)(F)F)cc1. The Kier molecular flexibility index (Phi) is 6.95. The number of phenols is 1. The molecule has 1 saturated heterocycles. The van der Waals surface area contributed by atoms with Crippen LogP contribution in [0.25, 0.3) is 0 Å². The van der Waals surface area contributed by atoms with E-state index in [0.29, 0.717) is 30.6 Å². The van der Waals surface area contributed by atoms with Gasteiger partial charge in [-0.3, -0.25) is 9.69 Å². The number of hydrogen-bond acceptors (Lipinski definition) is 5. The lowest BCUT2D eigenvalue weighted by atomic mass is 9.46. The fraction of sp³-hybridized carbons (Fsp3) is 0.417. The van der Waals surface area contributed by atoms with Gasteiger partial charge in [0.15, 0.2) is 11.5 Å². The molecule has 2 aliphatic heterocycles. The summed E-state index contributed by atoms with van der Waals surface area (Å²) < 4.78 is 45.5. The number of halogens is 3. The van der Waals surface area contributed by atoms with E-state index in [4.69, 9.17) is 4.74 Å². The van der Waals surface area contributed by atoms with Crippen LogP contribution >= 0.6 is 0 Å². The molecule has 0 aromatic heterocycles. The molecule has 2 aliphatic carbocycles. The maximum atomic E-state index is 13.5. The second kappa shape index (κ2) is 10.5. The second-order valence-electron chi connectivity index (χ2n) is 13.0. The van der Waals surface area contributed by atoms with Crippen LogP contribution in [0.4, 0.5) is 13.2 Å². The number of amides is 1. The van der Waals surface area contributed by atoms with E-state index in [1.807, 2.05) is 31.2 Å². The van der Waals surface area contributed by atoms with Gasteiger partial charge < -0.3 is 19.8 Å². The van der Waals surface area contributed by atoms with Gasteiger partial charge in [-0.2, -0.15) is 13.2 Å². The monoisotopic (exact) mass is 616 g/mol. The summed E-state index contributed by atoms with van der Waals surface area (Å²) in [7, 11) is 1.66. The van der Waals surface area contributed by atoms with Gasteiger partial charge in [-0.05, 0) is 79.6 Å². The molecule has 3 aromatic rings. The van der Waals surface area contributed by atoms with Gasteiger partial charge in [0.05, 0.1) is 22.6 Å². The topological polar surface area (TPSA) is 73.2 Å². The number of carbonyl (C=O) groups is 1. The number of ether oxygens (including phenoxy) is 1. The van der Waals surface area contributed by atoms with Gasteiger partial charge in [-0.1, -0.05) is 49.2 Å². The summed E-state index contributed by atoms with van der Waals surface area (Å²) in [4.78, 5) is 17.5. The van der Waals surface area contributed by atoms with Gasteiger partial charge in [0.1, 0.15) is 6.10 Å². The summed E-state index contributed by atoms with van der Waals surface area (Å²) in [5.74, 6) is 5.06. The largest absolute Gasteiger partial charge is 0.504 e. The van der Waals surface area contributed by atoms with Crippen LogP contribution in [0.5, 0.6) is 11.5 Å². The van der Waals surface area contributed by atoms with E-state index in [9.17, 15) is 28.2 Å². The Hall–Kier alpha value is -4.00. The molecule has 4 aliphatic rings. The maximum Gasteiger partial charge on any atom is 0.416 e. The Balaban J connectivity index is 1.21. The van der Waals surface area contributed by atoms with Crippen molar-refractivity contribution in [3.05, 3.63) is 94.5 Å². The van der Waals surface area contributed by atoms with Gasteiger partial charge in [-0.15, -0.1) is 0 Å². The minimum atomic E-state index is -4.45. The predicted octanol–water partition coefficient (Wildman–Crippen LogP) is 4.93. The smallest absolute Gasteiger partial charge is 0.416 e. The van der Waals surface area contributed by atoms with Crippen molar-refractivity contribution in [2.45, 2.75) is 68.0 Å². The lowest BCUT2D eigenvalue weighted by molar-refractivity contribution is -0.211. The van der Waals surface area contributed by atoms with E-state index in [-0.39, 0.29) is 17.7 Å². The van der Waals surface area contributed by atoms with Crippen LogP contribution in [-0.2, 0) is 29.2 Å². The Bertz CT molecular complexity index is 1700. The molecule has 0 unspecified atom stereocenters. The minimum Gasteiger partial charge on any atom is -0.504 e. The summed E-state index contributed by atoms with van der Waals surface area (Å²) in [6.45, 7) is 3.55. The fourth-order valence-electron chi connectivity index (χ4n) is 8.74. The van der Waals surface area contributed by atoms with Crippen LogP contribution in [0, 0.1) is 17.8 Å². The first kappa shape index (κ1) is 29.7. The Morgan fingerprint density at radius 3 is 2.56 bits per heavy atom. The molecule has 45 heavy (non-hydrogen) atoms. The van der Waals surface area contributed by atoms with Crippen molar-refractivity contribution in [2.75, 3.05) is 20.1 Å². The Morgan fingerprint density at radius 1 is 1.11 bits per heavy atom. The normalized spacial score (nSPS) is 29.6. The molecule has 2 N–H and O–H groups in total. The molecule has 0 radical (unpaired) electrons. The zero-order valence-corrected chi connectivity index (χ0v) is 25.1. The van der Waals surface area contributed by atoms with Gasteiger partial charge in [0.2, 0.25) is 0 Å². The number of alkyl halides is 3. The van der Waals surface area contributed by atoms with E-state index in [1.165, 1.54) is 17.7 Å². The molecule has 6 atom stereocenters. The molecule has 2 heterocycles. The van der Waals surface area contributed by atoms with Crippen molar-refractivity contribution in [3.8, 4) is 23.3 Å². The zero-order chi connectivity index (χ0) is 31.7. The highest BCUT2D eigenvalue weighted by molar-refractivity contribution is 5.94. The van der Waals surface area contributed by atoms with E-state index < -0.39 is 40.8 Å². The molecule has 1 amide bonds. The predicted molar refractivity (Wildman–Crippen MR) is 162 cm³/mol. The molecule has 234 valence electrons. The molecule has 3 aromatic carbocycles. The Morgan fingerprint density at radius 2 is 1.84 bits per heavy atom. The van der Waals surface area contributed by atoms with E-state index in [2.05, 4.69) is 28.9 Å². The van der Waals surface area contributed by atoms with Crippen molar-refractivity contribution < 1.29 is 32.9 Å². The lowest BCUT2D eigenvalue weighted by Gasteiger charge is -2.66. The average Bonchev–Trinajstić information content (AvgIpc) is 3.36. The molecule has 1 spiro atoms. The molecule has 7 rings (SSSR count).